The Bertz CT molecular complexity index is 234. The first kappa shape index (κ1) is 15.6. The van der Waals surface area contributed by atoms with Gasteiger partial charge in [0.05, 0.1) is 13.0 Å². The third-order valence-corrected chi connectivity index (χ3v) is 3.74. The fourth-order valence-corrected chi connectivity index (χ4v) is 2.78. The van der Waals surface area contributed by atoms with E-state index >= 15 is 0 Å². The number of Topliss-reactive ketones (excluding diaryl/α,β-unsaturated/α-hetero) is 1. The monoisotopic (exact) mass is 256 g/mol. The molecule has 0 bridgehead atoms. The normalized spacial score (nSPS) is 20.6. The Kier molecular flexibility index (Phi) is 7.52. The second kappa shape index (κ2) is 8.65. The zero-order chi connectivity index (χ0) is 13.4. The molecule has 18 heavy (non-hydrogen) atoms. The van der Waals surface area contributed by atoms with Crippen LogP contribution in [0.5, 0.6) is 0 Å². The smallest absolute Gasteiger partial charge is 0.164 e. The van der Waals surface area contributed by atoms with Crippen LogP contribution >= 0.6 is 0 Å². The van der Waals surface area contributed by atoms with Gasteiger partial charge in [0.2, 0.25) is 0 Å². The van der Waals surface area contributed by atoms with E-state index in [1.807, 2.05) is 0 Å². The van der Waals surface area contributed by atoms with E-state index < -0.39 is 0 Å². The zero-order valence-corrected chi connectivity index (χ0v) is 12.1. The van der Waals surface area contributed by atoms with Crippen molar-refractivity contribution in [2.24, 2.45) is 11.8 Å². The van der Waals surface area contributed by atoms with Gasteiger partial charge in [-0.1, -0.05) is 39.0 Å². The molecule has 2 atom stereocenters. The molecule has 0 aliphatic heterocycles. The first-order valence-corrected chi connectivity index (χ1v) is 7.25. The molecule has 1 saturated carbocycles. The number of rotatable bonds is 8. The predicted octanol–water partition coefficient (Wildman–Crippen LogP) is 3.56. The first-order chi connectivity index (χ1) is 8.61. The van der Waals surface area contributed by atoms with Gasteiger partial charge in [0.15, 0.2) is 6.29 Å². The van der Waals surface area contributed by atoms with Crippen molar-refractivity contribution in [3.05, 3.63) is 0 Å². The predicted molar refractivity (Wildman–Crippen MR) is 72.4 cm³/mol. The highest BCUT2D eigenvalue weighted by atomic mass is 16.7. The second-order valence-electron chi connectivity index (χ2n) is 5.75. The van der Waals surface area contributed by atoms with Crippen molar-refractivity contribution in [1.29, 1.82) is 0 Å². The van der Waals surface area contributed by atoms with E-state index in [-0.39, 0.29) is 12.1 Å². The van der Waals surface area contributed by atoms with Crippen LogP contribution in [0.4, 0.5) is 0 Å². The summed E-state index contributed by atoms with van der Waals surface area (Å²) in [4.78, 5) is 11.0. The number of carbonyl (C=O) groups is 1. The maximum Gasteiger partial charge on any atom is 0.164 e. The number of ketones is 1. The van der Waals surface area contributed by atoms with Crippen molar-refractivity contribution in [3.8, 4) is 0 Å². The highest BCUT2D eigenvalue weighted by Crippen LogP contribution is 2.29. The van der Waals surface area contributed by atoms with Gasteiger partial charge in [0.25, 0.3) is 0 Å². The maximum atomic E-state index is 11.0. The number of ether oxygens (including phenoxy) is 2. The second-order valence-corrected chi connectivity index (χ2v) is 5.75. The minimum Gasteiger partial charge on any atom is -0.355 e. The zero-order valence-electron chi connectivity index (χ0n) is 12.1. The molecule has 3 heteroatoms. The van der Waals surface area contributed by atoms with Gasteiger partial charge in [-0.05, 0) is 25.2 Å². The van der Waals surface area contributed by atoms with E-state index in [2.05, 4.69) is 6.92 Å². The molecular weight excluding hydrogens is 228 g/mol. The molecule has 0 aromatic heterocycles. The van der Waals surface area contributed by atoms with Crippen LogP contribution in [0.3, 0.4) is 0 Å². The van der Waals surface area contributed by atoms with Crippen molar-refractivity contribution in [1.82, 2.24) is 0 Å². The maximum absolute atomic E-state index is 11.0. The number of carbonyl (C=O) groups excluding carboxylic acids is 1. The summed E-state index contributed by atoms with van der Waals surface area (Å²) >= 11 is 0. The van der Waals surface area contributed by atoms with Crippen LogP contribution in [0.2, 0.25) is 0 Å². The Labute approximate surface area is 111 Å². The third kappa shape index (κ3) is 6.50. The molecule has 0 radical (unpaired) electrons. The molecule has 0 aromatic rings. The quantitative estimate of drug-likeness (QED) is 0.623. The summed E-state index contributed by atoms with van der Waals surface area (Å²) in [6.07, 6.45) is 8.19. The highest BCUT2D eigenvalue weighted by molar-refractivity contribution is 5.75. The van der Waals surface area contributed by atoms with Gasteiger partial charge in [-0.3, -0.25) is 4.79 Å². The Hall–Kier alpha value is -0.410. The number of methoxy groups -OCH3 is 1. The first-order valence-electron chi connectivity index (χ1n) is 7.25. The van der Waals surface area contributed by atoms with E-state index in [4.69, 9.17) is 9.47 Å². The highest BCUT2D eigenvalue weighted by Gasteiger charge is 2.18. The van der Waals surface area contributed by atoms with Crippen LogP contribution in [-0.2, 0) is 14.3 Å². The van der Waals surface area contributed by atoms with Gasteiger partial charge in [-0.2, -0.15) is 0 Å². The Balaban J connectivity index is 2.17. The van der Waals surface area contributed by atoms with Crippen molar-refractivity contribution in [2.75, 3.05) is 13.7 Å². The number of hydrogen-bond acceptors (Lipinski definition) is 3. The molecule has 3 nitrogen and oxygen atoms in total. The van der Waals surface area contributed by atoms with Gasteiger partial charge in [-0.25, -0.2) is 0 Å². The van der Waals surface area contributed by atoms with E-state index in [1.165, 1.54) is 38.5 Å². The molecule has 0 amide bonds. The molecule has 1 rings (SSSR count). The van der Waals surface area contributed by atoms with Gasteiger partial charge in [0, 0.05) is 7.11 Å². The molecule has 0 aromatic carbocycles. The Morgan fingerprint density at radius 1 is 1.28 bits per heavy atom. The standard InChI is InChI=1S/C15H28O3/c1-12(9-14-7-5-4-6-8-14)11-18-15(17-3)10-13(2)16/h12,14-15H,4-11H2,1-3H3. The lowest BCUT2D eigenvalue weighted by Crippen LogP contribution is -2.23. The van der Waals surface area contributed by atoms with Crippen LogP contribution in [0.15, 0.2) is 0 Å². The average molecular weight is 256 g/mol. The van der Waals surface area contributed by atoms with Crippen molar-refractivity contribution >= 4 is 5.78 Å². The van der Waals surface area contributed by atoms with Crippen LogP contribution < -0.4 is 0 Å². The fourth-order valence-electron chi connectivity index (χ4n) is 2.78. The van der Waals surface area contributed by atoms with E-state index in [0.717, 1.165) is 5.92 Å². The van der Waals surface area contributed by atoms with Crippen LogP contribution in [0, 0.1) is 11.8 Å². The molecule has 0 saturated heterocycles. The Morgan fingerprint density at radius 3 is 2.50 bits per heavy atom. The van der Waals surface area contributed by atoms with Gasteiger partial charge >= 0.3 is 0 Å². The molecule has 1 fully saturated rings. The van der Waals surface area contributed by atoms with Gasteiger partial charge in [-0.15, -0.1) is 0 Å². The van der Waals surface area contributed by atoms with E-state index in [1.54, 1.807) is 14.0 Å². The van der Waals surface area contributed by atoms with E-state index in [0.29, 0.717) is 18.9 Å². The third-order valence-electron chi connectivity index (χ3n) is 3.74. The molecule has 2 unspecified atom stereocenters. The Morgan fingerprint density at radius 2 is 1.94 bits per heavy atom. The lowest BCUT2D eigenvalue weighted by Gasteiger charge is -2.25. The van der Waals surface area contributed by atoms with E-state index in [9.17, 15) is 4.79 Å². The molecule has 1 aliphatic rings. The van der Waals surface area contributed by atoms with Crippen molar-refractivity contribution in [3.63, 3.8) is 0 Å². The van der Waals surface area contributed by atoms with Gasteiger partial charge < -0.3 is 9.47 Å². The van der Waals surface area contributed by atoms with Crippen molar-refractivity contribution < 1.29 is 14.3 Å². The molecule has 0 spiro atoms. The van der Waals surface area contributed by atoms with Crippen molar-refractivity contribution in [2.45, 2.75) is 65.1 Å². The summed E-state index contributed by atoms with van der Waals surface area (Å²) in [5.74, 6) is 1.55. The molecular formula is C15H28O3. The summed E-state index contributed by atoms with van der Waals surface area (Å²) in [7, 11) is 1.60. The van der Waals surface area contributed by atoms with Crippen LogP contribution in [0.25, 0.3) is 0 Å². The van der Waals surface area contributed by atoms with Crippen LogP contribution in [0.1, 0.15) is 58.8 Å². The molecule has 0 heterocycles. The summed E-state index contributed by atoms with van der Waals surface area (Å²) in [6.45, 7) is 4.50. The summed E-state index contributed by atoms with van der Waals surface area (Å²) in [5.41, 5.74) is 0. The molecule has 106 valence electrons. The minimum atomic E-state index is -0.365. The lowest BCUT2D eigenvalue weighted by molar-refractivity contribution is -0.148. The molecule has 0 N–H and O–H groups in total. The summed E-state index contributed by atoms with van der Waals surface area (Å²) < 4.78 is 10.8. The summed E-state index contributed by atoms with van der Waals surface area (Å²) in [6, 6.07) is 0. The number of hydrogen-bond donors (Lipinski definition) is 0. The fraction of sp³-hybridized carbons (Fsp3) is 0.933. The SMILES string of the molecule is COC(CC(C)=O)OCC(C)CC1CCCCC1. The average Bonchev–Trinajstić information content (AvgIpc) is 2.35. The lowest BCUT2D eigenvalue weighted by atomic mass is 9.83. The topological polar surface area (TPSA) is 35.5 Å². The van der Waals surface area contributed by atoms with Gasteiger partial charge in [0.1, 0.15) is 5.78 Å². The van der Waals surface area contributed by atoms with Crippen LogP contribution in [-0.4, -0.2) is 25.8 Å². The largest absolute Gasteiger partial charge is 0.355 e. The minimum absolute atomic E-state index is 0.113. The summed E-state index contributed by atoms with van der Waals surface area (Å²) in [5, 5.41) is 0. The molecule has 1 aliphatic carbocycles.